The number of rotatable bonds is 4. The Labute approximate surface area is 126 Å². The minimum absolute atomic E-state index is 0.277. The van der Waals surface area contributed by atoms with Crippen LogP contribution in [0.15, 0.2) is 48.5 Å². The summed E-state index contributed by atoms with van der Waals surface area (Å²) in [6, 6.07) is 10.8. The molecular weight excluding hydrogens is 284 g/mol. The molecule has 0 aliphatic rings. The van der Waals surface area contributed by atoms with Gasteiger partial charge in [0.05, 0.1) is 0 Å². The molecule has 0 saturated heterocycles. The zero-order chi connectivity index (χ0) is 16.1. The van der Waals surface area contributed by atoms with Gasteiger partial charge in [-0.2, -0.15) is 0 Å². The van der Waals surface area contributed by atoms with Crippen LogP contribution in [-0.2, 0) is 4.79 Å². The van der Waals surface area contributed by atoms with Crippen molar-refractivity contribution < 1.29 is 19.8 Å². The molecule has 0 heterocycles. The molecule has 2 aromatic carbocycles. The fourth-order valence-corrected chi connectivity index (χ4v) is 1.75. The van der Waals surface area contributed by atoms with Gasteiger partial charge in [0.25, 0.3) is 0 Å². The predicted octanol–water partition coefficient (Wildman–Crippen LogP) is 2.32. The molecule has 0 radical (unpaired) electrons. The summed E-state index contributed by atoms with van der Waals surface area (Å²) in [5.74, 6) is -2.05. The van der Waals surface area contributed by atoms with Gasteiger partial charge in [-0.3, -0.25) is 4.79 Å². The quantitative estimate of drug-likeness (QED) is 0.393. The van der Waals surface area contributed by atoms with E-state index in [-0.39, 0.29) is 17.0 Å². The monoisotopic (exact) mass is 298 g/mol. The average molecular weight is 298 g/mol. The Morgan fingerprint density at radius 1 is 1.09 bits per heavy atom. The van der Waals surface area contributed by atoms with Gasteiger partial charge in [0.1, 0.15) is 11.3 Å². The number of carboxylic acid groups (broad SMARTS) is 1. The lowest BCUT2D eigenvalue weighted by Crippen LogP contribution is -2.08. The number of phenols is 1. The number of amides is 1. The number of nitrogens with one attached hydrogen (secondary N) is 1. The average Bonchev–Trinajstić information content (AvgIpc) is 2.48. The zero-order valence-electron chi connectivity index (χ0n) is 11.5. The Morgan fingerprint density at radius 3 is 2.41 bits per heavy atom. The summed E-state index contributed by atoms with van der Waals surface area (Å²) in [7, 11) is 0. The zero-order valence-corrected chi connectivity index (χ0v) is 11.5. The van der Waals surface area contributed by atoms with Crippen LogP contribution in [0.2, 0.25) is 0 Å². The highest BCUT2D eigenvalue weighted by Crippen LogP contribution is 2.21. The lowest BCUT2D eigenvalue weighted by atomic mass is 10.1. The van der Waals surface area contributed by atoms with Crippen molar-refractivity contribution in [1.82, 2.24) is 0 Å². The topological polar surface area (TPSA) is 113 Å². The third-order valence-corrected chi connectivity index (χ3v) is 2.86. The van der Waals surface area contributed by atoms with Crippen LogP contribution in [0.3, 0.4) is 0 Å². The van der Waals surface area contributed by atoms with Crippen LogP contribution in [0, 0.1) is 0 Å². The summed E-state index contributed by atoms with van der Waals surface area (Å²) < 4.78 is 0. The van der Waals surface area contributed by atoms with Gasteiger partial charge in [-0.05, 0) is 42.0 Å². The maximum Gasteiger partial charge on any atom is 0.339 e. The van der Waals surface area contributed by atoms with Crippen molar-refractivity contribution in [1.29, 1.82) is 0 Å². The normalized spacial score (nSPS) is 10.5. The molecule has 0 bridgehead atoms. The van der Waals surface area contributed by atoms with Crippen molar-refractivity contribution in [2.75, 3.05) is 11.1 Å². The molecule has 0 aromatic heterocycles. The first-order valence-corrected chi connectivity index (χ1v) is 6.36. The molecule has 2 rings (SSSR count). The van der Waals surface area contributed by atoms with E-state index in [1.54, 1.807) is 30.3 Å². The molecule has 0 unspecified atom stereocenters. The Morgan fingerprint density at radius 2 is 1.77 bits per heavy atom. The van der Waals surface area contributed by atoms with Gasteiger partial charge >= 0.3 is 5.97 Å². The van der Waals surface area contributed by atoms with Crippen LogP contribution < -0.4 is 11.1 Å². The fraction of sp³-hybridized carbons (Fsp3) is 0. The van der Waals surface area contributed by atoms with Gasteiger partial charge in [0, 0.05) is 17.5 Å². The summed E-state index contributed by atoms with van der Waals surface area (Å²) >= 11 is 0. The maximum absolute atomic E-state index is 11.8. The molecule has 5 N–H and O–H groups in total. The minimum atomic E-state index is -1.27. The highest BCUT2D eigenvalue weighted by molar-refractivity contribution is 6.03. The molecule has 0 aliphatic carbocycles. The number of aromatic hydroxyl groups is 1. The molecule has 0 spiro atoms. The van der Waals surface area contributed by atoms with Crippen LogP contribution in [0.25, 0.3) is 6.08 Å². The van der Waals surface area contributed by atoms with Crippen LogP contribution in [0.4, 0.5) is 11.4 Å². The molecule has 0 fully saturated rings. The minimum Gasteiger partial charge on any atom is -0.507 e. The van der Waals surface area contributed by atoms with E-state index in [1.807, 2.05) is 0 Å². The number of nitrogens with two attached hydrogens (primary N) is 1. The fourth-order valence-electron chi connectivity index (χ4n) is 1.75. The Hall–Kier alpha value is -3.28. The molecular formula is C16H14N2O4. The molecule has 6 heteroatoms. The number of nitrogen functional groups attached to an aromatic ring is 1. The van der Waals surface area contributed by atoms with Crippen LogP contribution in [0.1, 0.15) is 15.9 Å². The SMILES string of the molecule is Nc1ccc(/C=C/C(=O)Nc2ccc(O)c(C(=O)O)c2)cc1. The third-order valence-electron chi connectivity index (χ3n) is 2.86. The molecule has 22 heavy (non-hydrogen) atoms. The second-order valence-electron chi connectivity index (χ2n) is 4.53. The van der Waals surface area contributed by atoms with E-state index < -0.39 is 11.9 Å². The molecule has 6 nitrogen and oxygen atoms in total. The predicted molar refractivity (Wildman–Crippen MR) is 83.6 cm³/mol. The van der Waals surface area contributed by atoms with Gasteiger partial charge in [-0.25, -0.2) is 4.79 Å². The Balaban J connectivity index is 2.07. The molecule has 1 amide bonds. The first-order valence-electron chi connectivity index (χ1n) is 6.36. The highest BCUT2D eigenvalue weighted by atomic mass is 16.4. The molecule has 0 aliphatic heterocycles. The second kappa shape index (κ2) is 6.45. The van der Waals surface area contributed by atoms with E-state index in [0.717, 1.165) is 5.56 Å². The van der Waals surface area contributed by atoms with Crippen molar-refractivity contribution in [3.63, 3.8) is 0 Å². The summed E-state index contributed by atoms with van der Waals surface area (Å²) in [6.07, 6.45) is 2.92. The molecule has 112 valence electrons. The summed E-state index contributed by atoms with van der Waals surface area (Å²) in [5.41, 5.74) is 7.00. The van der Waals surface area contributed by atoms with Crippen LogP contribution in [0.5, 0.6) is 5.75 Å². The summed E-state index contributed by atoms with van der Waals surface area (Å²) in [5, 5.41) is 20.8. The van der Waals surface area contributed by atoms with E-state index in [2.05, 4.69) is 5.32 Å². The molecule has 0 saturated carbocycles. The number of anilines is 2. The number of hydrogen-bond donors (Lipinski definition) is 4. The van der Waals surface area contributed by atoms with Crippen molar-refractivity contribution >= 4 is 29.3 Å². The van der Waals surface area contributed by atoms with Crippen molar-refractivity contribution in [2.24, 2.45) is 0 Å². The Kier molecular flexibility index (Phi) is 4.43. The first-order chi connectivity index (χ1) is 10.5. The lowest BCUT2D eigenvalue weighted by Gasteiger charge is -2.05. The van der Waals surface area contributed by atoms with Crippen molar-refractivity contribution in [3.8, 4) is 5.75 Å². The first kappa shape index (κ1) is 15.1. The number of carbonyl (C=O) groups excluding carboxylic acids is 1. The third kappa shape index (κ3) is 3.86. The largest absolute Gasteiger partial charge is 0.507 e. The number of carboxylic acids is 1. The standard InChI is InChI=1S/C16H14N2O4/c17-11-4-1-10(2-5-11)3-8-15(20)18-12-6-7-14(19)13(9-12)16(21)22/h1-9,19H,17H2,(H,18,20)(H,21,22)/b8-3+. The van der Waals surface area contributed by atoms with Crippen LogP contribution in [-0.4, -0.2) is 22.1 Å². The van der Waals surface area contributed by atoms with E-state index in [1.165, 1.54) is 24.3 Å². The van der Waals surface area contributed by atoms with Crippen molar-refractivity contribution in [3.05, 3.63) is 59.7 Å². The van der Waals surface area contributed by atoms with Crippen LogP contribution >= 0.6 is 0 Å². The van der Waals surface area contributed by atoms with E-state index in [9.17, 15) is 14.7 Å². The number of benzene rings is 2. The second-order valence-corrected chi connectivity index (χ2v) is 4.53. The summed E-state index contributed by atoms with van der Waals surface area (Å²) in [6.45, 7) is 0. The smallest absolute Gasteiger partial charge is 0.339 e. The maximum atomic E-state index is 11.8. The van der Waals surface area contributed by atoms with E-state index >= 15 is 0 Å². The number of carbonyl (C=O) groups is 2. The number of hydrogen-bond acceptors (Lipinski definition) is 4. The van der Waals surface area contributed by atoms with Gasteiger partial charge in [-0.15, -0.1) is 0 Å². The molecule has 2 aromatic rings. The Bertz CT molecular complexity index is 736. The molecule has 0 atom stereocenters. The van der Waals surface area contributed by atoms with Gasteiger partial charge in [-0.1, -0.05) is 12.1 Å². The highest BCUT2D eigenvalue weighted by Gasteiger charge is 2.10. The van der Waals surface area contributed by atoms with E-state index in [0.29, 0.717) is 5.69 Å². The van der Waals surface area contributed by atoms with Gasteiger partial charge in [0.2, 0.25) is 5.91 Å². The van der Waals surface area contributed by atoms with Gasteiger partial charge < -0.3 is 21.3 Å². The van der Waals surface area contributed by atoms with E-state index in [4.69, 9.17) is 10.8 Å². The van der Waals surface area contributed by atoms with Gasteiger partial charge in [0.15, 0.2) is 0 Å². The lowest BCUT2D eigenvalue weighted by molar-refractivity contribution is -0.111. The number of aromatic carboxylic acids is 1. The van der Waals surface area contributed by atoms with Crippen molar-refractivity contribution in [2.45, 2.75) is 0 Å². The summed E-state index contributed by atoms with van der Waals surface area (Å²) in [4.78, 5) is 22.7.